The van der Waals surface area contributed by atoms with Gasteiger partial charge in [-0.1, -0.05) is 297 Å². The Morgan fingerprint density at radius 3 is 0.754 bits per heavy atom. The number of ether oxygens (including phenoxy) is 3. The summed E-state index contributed by atoms with van der Waals surface area (Å²) in [4.78, 5) is 38.1. The van der Waals surface area contributed by atoms with Crippen LogP contribution in [0.4, 0.5) is 0 Å². The lowest BCUT2D eigenvalue weighted by Gasteiger charge is -2.18. The molecule has 386 valence electrons. The third-order valence-corrected chi connectivity index (χ3v) is 13.5. The molecule has 0 aromatic carbocycles. The van der Waals surface area contributed by atoms with Crippen molar-refractivity contribution in [2.75, 3.05) is 13.2 Å². The second-order valence-corrected chi connectivity index (χ2v) is 20.8. The van der Waals surface area contributed by atoms with Gasteiger partial charge in [-0.2, -0.15) is 0 Å². The van der Waals surface area contributed by atoms with Gasteiger partial charge in [-0.25, -0.2) is 0 Å². The van der Waals surface area contributed by atoms with Crippen LogP contribution < -0.4 is 0 Å². The van der Waals surface area contributed by atoms with E-state index in [1.807, 2.05) is 0 Å². The molecule has 0 bridgehead atoms. The van der Waals surface area contributed by atoms with Gasteiger partial charge in [0.2, 0.25) is 0 Å². The van der Waals surface area contributed by atoms with Crippen molar-refractivity contribution in [3.63, 3.8) is 0 Å². The summed E-state index contributed by atoms with van der Waals surface area (Å²) < 4.78 is 16.9. The lowest BCUT2D eigenvalue weighted by molar-refractivity contribution is -0.167. The first-order valence-corrected chi connectivity index (χ1v) is 29.4. The number of carbonyl (C=O) groups is 3. The largest absolute Gasteiger partial charge is 0.462 e. The Balaban J connectivity index is 4.26. The standard InChI is InChI=1S/C59H114O6/c1-5-7-9-11-13-15-17-19-20-24-28-32-36-40-44-48-52-59(62)65-56(53-63-57(60)50-46-42-38-34-30-18-16-14-12-10-8-6-2)54-64-58(61)51-47-43-39-35-31-27-25-22-21-23-26-29-33-37-41-45-49-55(3)4/h55-56H,5-54H2,1-4H3/t56-/m1/s1. The van der Waals surface area contributed by atoms with Crippen LogP contribution in [0.2, 0.25) is 0 Å². The molecule has 0 fully saturated rings. The second kappa shape index (κ2) is 53.4. The van der Waals surface area contributed by atoms with Gasteiger partial charge in [-0.3, -0.25) is 14.4 Å². The van der Waals surface area contributed by atoms with E-state index < -0.39 is 6.10 Å². The lowest BCUT2D eigenvalue weighted by Crippen LogP contribution is -2.30. The molecule has 0 rings (SSSR count). The van der Waals surface area contributed by atoms with Crippen molar-refractivity contribution in [1.82, 2.24) is 0 Å². The molecule has 0 aliphatic rings. The monoisotopic (exact) mass is 919 g/mol. The zero-order valence-corrected chi connectivity index (χ0v) is 44.5. The minimum atomic E-state index is -0.761. The van der Waals surface area contributed by atoms with Gasteiger partial charge in [0.1, 0.15) is 13.2 Å². The molecule has 0 aliphatic carbocycles. The molecular formula is C59H114O6. The molecule has 0 heterocycles. The van der Waals surface area contributed by atoms with Crippen LogP contribution in [-0.4, -0.2) is 37.2 Å². The van der Waals surface area contributed by atoms with Gasteiger partial charge in [0.15, 0.2) is 6.10 Å². The van der Waals surface area contributed by atoms with E-state index in [1.54, 1.807) is 0 Å². The molecule has 0 aliphatic heterocycles. The summed E-state index contributed by atoms with van der Waals surface area (Å²) in [6.07, 6.45) is 58.1. The van der Waals surface area contributed by atoms with Crippen molar-refractivity contribution in [1.29, 1.82) is 0 Å². The summed E-state index contributed by atoms with van der Waals surface area (Å²) in [5.74, 6) is 0.0189. The summed E-state index contributed by atoms with van der Waals surface area (Å²) in [5, 5.41) is 0. The molecule has 65 heavy (non-hydrogen) atoms. The quantitative estimate of drug-likeness (QED) is 0.0344. The first-order chi connectivity index (χ1) is 31.9. The summed E-state index contributed by atoms with van der Waals surface area (Å²) in [7, 11) is 0. The highest BCUT2D eigenvalue weighted by atomic mass is 16.6. The van der Waals surface area contributed by atoms with E-state index in [4.69, 9.17) is 14.2 Å². The number of esters is 3. The van der Waals surface area contributed by atoms with E-state index in [0.29, 0.717) is 19.3 Å². The molecule has 0 radical (unpaired) electrons. The normalized spacial score (nSPS) is 12.0. The molecule has 0 spiro atoms. The Morgan fingerprint density at radius 2 is 0.508 bits per heavy atom. The topological polar surface area (TPSA) is 78.9 Å². The lowest BCUT2D eigenvalue weighted by atomic mass is 10.0. The third kappa shape index (κ3) is 53.2. The molecule has 0 amide bonds. The molecule has 0 unspecified atom stereocenters. The molecule has 0 aromatic heterocycles. The van der Waals surface area contributed by atoms with Gasteiger partial charge in [-0.15, -0.1) is 0 Å². The van der Waals surface area contributed by atoms with Crippen molar-refractivity contribution < 1.29 is 28.6 Å². The van der Waals surface area contributed by atoms with Crippen LogP contribution in [0.1, 0.15) is 336 Å². The van der Waals surface area contributed by atoms with Crippen LogP contribution in [-0.2, 0) is 28.6 Å². The first-order valence-electron chi connectivity index (χ1n) is 29.4. The number of unbranched alkanes of at least 4 members (excludes halogenated alkanes) is 41. The Labute approximate surface area is 406 Å². The Hall–Kier alpha value is -1.59. The smallest absolute Gasteiger partial charge is 0.306 e. The summed E-state index contributed by atoms with van der Waals surface area (Å²) in [5.41, 5.74) is 0. The highest BCUT2D eigenvalue weighted by Crippen LogP contribution is 2.18. The van der Waals surface area contributed by atoms with Gasteiger partial charge >= 0.3 is 17.9 Å². The minimum absolute atomic E-state index is 0.0616. The van der Waals surface area contributed by atoms with E-state index in [0.717, 1.165) is 63.7 Å². The maximum atomic E-state index is 12.8. The SMILES string of the molecule is CCCCCCCCCCCCCCCCCCC(=O)O[C@H](COC(=O)CCCCCCCCCCCCCC)COC(=O)CCCCCCCCCCCCCCCCCCC(C)C. The summed E-state index contributed by atoms with van der Waals surface area (Å²) >= 11 is 0. The zero-order chi connectivity index (χ0) is 47.4. The van der Waals surface area contributed by atoms with E-state index in [9.17, 15) is 14.4 Å². The van der Waals surface area contributed by atoms with Crippen LogP contribution in [0, 0.1) is 5.92 Å². The van der Waals surface area contributed by atoms with E-state index in [2.05, 4.69) is 27.7 Å². The van der Waals surface area contributed by atoms with Crippen molar-refractivity contribution >= 4 is 17.9 Å². The molecule has 6 nitrogen and oxygen atoms in total. The zero-order valence-electron chi connectivity index (χ0n) is 44.5. The third-order valence-electron chi connectivity index (χ3n) is 13.5. The van der Waals surface area contributed by atoms with E-state index in [-0.39, 0.29) is 31.1 Å². The summed E-state index contributed by atoms with van der Waals surface area (Å²) in [6, 6.07) is 0. The summed E-state index contributed by atoms with van der Waals surface area (Å²) in [6.45, 7) is 9.07. The average molecular weight is 920 g/mol. The number of carbonyl (C=O) groups excluding carboxylic acids is 3. The maximum absolute atomic E-state index is 12.8. The van der Waals surface area contributed by atoms with Gasteiger partial charge < -0.3 is 14.2 Å². The second-order valence-electron chi connectivity index (χ2n) is 20.8. The van der Waals surface area contributed by atoms with Crippen LogP contribution in [0.15, 0.2) is 0 Å². The van der Waals surface area contributed by atoms with Crippen LogP contribution >= 0.6 is 0 Å². The van der Waals surface area contributed by atoms with Gasteiger partial charge in [-0.05, 0) is 25.2 Å². The Bertz CT molecular complexity index is 980. The van der Waals surface area contributed by atoms with Crippen molar-refractivity contribution in [3.05, 3.63) is 0 Å². The highest BCUT2D eigenvalue weighted by Gasteiger charge is 2.19. The van der Waals surface area contributed by atoms with Gasteiger partial charge in [0, 0.05) is 19.3 Å². The van der Waals surface area contributed by atoms with Crippen LogP contribution in [0.3, 0.4) is 0 Å². The first kappa shape index (κ1) is 63.4. The Kier molecular flexibility index (Phi) is 52.1. The molecule has 0 N–H and O–H groups in total. The molecule has 0 aromatic rings. The number of hydrogen-bond donors (Lipinski definition) is 0. The predicted octanol–water partition coefficient (Wildman–Crippen LogP) is 19.4. The maximum Gasteiger partial charge on any atom is 0.306 e. The molecule has 0 saturated carbocycles. The fourth-order valence-electron chi connectivity index (χ4n) is 9.10. The molecule has 1 atom stereocenters. The van der Waals surface area contributed by atoms with Gasteiger partial charge in [0.25, 0.3) is 0 Å². The fourth-order valence-corrected chi connectivity index (χ4v) is 9.10. The number of hydrogen-bond acceptors (Lipinski definition) is 6. The molecule has 0 saturated heterocycles. The Morgan fingerprint density at radius 1 is 0.292 bits per heavy atom. The molecular weight excluding hydrogens is 805 g/mol. The van der Waals surface area contributed by atoms with E-state index >= 15 is 0 Å². The van der Waals surface area contributed by atoms with Crippen molar-refractivity contribution in [3.8, 4) is 0 Å². The molecule has 6 heteroatoms. The van der Waals surface area contributed by atoms with Crippen LogP contribution in [0.25, 0.3) is 0 Å². The van der Waals surface area contributed by atoms with Crippen molar-refractivity contribution in [2.24, 2.45) is 5.92 Å². The van der Waals surface area contributed by atoms with E-state index in [1.165, 1.54) is 231 Å². The minimum Gasteiger partial charge on any atom is -0.462 e. The predicted molar refractivity (Wildman–Crippen MR) is 280 cm³/mol. The highest BCUT2D eigenvalue weighted by molar-refractivity contribution is 5.71. The van der Waals surface area contributed by atoms with Crippen LogP contribution in [0.5, 0.6) is 0 Å². The average Bonchev–Trinajstić information content (AvgIpc) is 3.29. The van der Waals surface area contributed by atoms with Gasteiger partial charge in [0.05, 0.1) is 0 Å². The number of rotatable bonds is 54. The fraction of sp³-hybridized carbons (Fsp3) is 0.949. The van der Waals surface area contributed by atoms with Crippen molar-refractivity contribution in [2.45, 2.75) is 342 Å².